The Morgan fingerprint density at radius 1 is 1.04 bits per heavy atom. The number of hydrogen-bond acceptors (Lipinski definition) is 4. The SMILES string of the molecule is CSc1ccc(C[NH+](C)Cc2nc(-c3ccc(Cl)cc3)no2)cc1. The molecule has 0 bridgehead atoms. The number of halogens is 1. The lowest BCUT2D eigenvalue weighted by molar-refractivity contribution is -0.909. The Labute approximate surface area is 150 Å². The maximum Gasteiger partial charge on any atom is 0.282 e. The Hall–Kier alpha value is -1.82. The fourth-order valence-corrected chi connectivity index (χ4v) is 2.99. The average Bonchev–Trinajstić information content (AvgIpc) is 3.04. The summed E-state index contributed by atoms with van der Waals surface area (Å²) < 4.78 is 5.38. The Bertz CT molecular complexity index is 787. The van der Waals surface area contributed by atoms with E-state index in [1.807, 2.05) is 24.3 Å². The molecule has 124 valence electrons. The fraction of sp³-hybridized carbons (Fsp3) is 0.222. The summed E-state index contributed by atoms with van der Waals surface area (Å²) in [5.74, 6) is 1.23. The van der Waals surface area contributed by atoms with Crippen LogP contribution in [-0.4, -0.2) is 23.4 Å². The van der Waals surface area contributed by atoms with E-state index in [1.165, 1.54) is 15.4 Å². The van der Waals surface area contributed by atoms with E-state index in [4.69, 9.17) is 16.1 Å². The Morgan fingerprint density at radius 2 is 1.75 bits per heavy atom. The molecule has 2 aromatic carbocycles. The van der Waals surface area contributed by atoms with E-state index in [0.717, 1.165) is 12.1 Å². The second kappa shape index (κ2) is 7.83. The van der Waals surface area contributed by atoms with Gasteiger partial charge in [0.05, 0.1) is 7.05 Å². The van der Waals surface area contributed by atoms with Gasteiger partial charge in [-0.1, -0.05) is 28.9 Å². The van der Waals surface area contributed by atoms with E-state index in [-0.39, 0.29) is 0 Å². The molecule has 0 fully saturated rings. The van der Waals surface area contributed by atoms with Crippen LogP contribution < -0.4 is 4.90 Å². The predicted octanol–water partition coefficient (Wildman–Crippen LogP) is 3.33. The lowest BCUT2D eigenvalue weighted by atomic mass is 10.2. The number of nitrogens with zero attached hydrogens (tertiary/aromatic N) is 2. The van der Waals surface area contributed by atoms with Crippen LogP contribution in [0.5, 0.6) is 0 Å². The quantitative estimate of drug-likeness (QED) is 0.685. The number of nitrogens with one attached hydrogen (secondary N) is 1. The molecule has 0 aliphatic rings. The number of thioether (sulfide) groups is 1. The summed E-state index contributed by atoms with van der Waals surface area (Å²) in [4.78, 5) is 7.04. The van der Waals surface area contributed by atoms with Crippen LogP contribution in [0.4, 0.5) is 0 Å². The Balaban J connectivity index is 1.62. The van der Waals surface area contributed by atoms with Crippen LogP contribution in [0.2, 0.25) is 5.02 Å². The van der Waals surface area contributed by atoms with Gasteiger partial charge < -0.3 is 9.42 Å². The summed E-state index contributed by atoms with van der Waals surface area (Å²) in [5, 5.41) is 4.75. The molecule has 6 heteroatoms. The van der Waals surface area contributed by atoms with Gasteiger partial charge >= 0.3 is 0 Å². The van der Waals surface area contributed by atoms with Gasteiger partial charge in [0, 0.05) is 21.0 Å². The molecule has 24 heavy (non-hydrogen) atoms. The third kappa shape index (κ3) is 4.38. The Morgan fingerprint density at radius 3 is 2.42 bits per heavy atom. The highest BCUT2D eigenvalue weighted by Crippen LogP contribution is 2.18. The van der Waals surface area contributed by atoms with Crippen molar-refractivity contribution in [3.8, 4) is 11.4 Å². The minimum absolute atomic E-state index is 0.596. The van der Waals surface area contributed by atoms with Crippen molar-refractivity contribution in [2.24, 2.45) is 0 Å². The molecule has 0 amide bonds. The molecule has 3 rings (SSSR count). The van der Waals surface area contributed by atoms with Crippen molar-refractivity contribution in [1.29, 1.82) is 0 Å². The maximum absolute atomic E-state index is 5.90. The van der Waals surface area contributed by atoms with Crippen LogP contribution in [0.1, 0.15) is 11.5 Å². The van der Waals surface area contributed by atoms with Crippen LogP contribution in [0.25, 0.3) is 11.4 Å². The molecule has 1 atom stereocenters. The molecule has 0 aliphatic heterocycles. The first-order valence-electron chi connectivity index (χ1n) is 7.67. The molecule has 4 nitrogen and oxygen atoms in total. The lowest BCUT2D eigenvalue weighted by Gasteiger charge is -2.11. The summed E-state index contributed by atoms with van der Waals surface area (Å²) >= 11 is 7.65. The van der Waals surface area contributed by atoms with Gasteiger partial charge in [0.15, 0.2) is 6.54 Å². The monoisotopic (exact) mass is 360 g/mol. The molecule has 0 saturated heterocycles. The zero-order valence-corrected chi connectivity index (χ0v) is 15.2. The number of quaternary nitrogens is 1. The van der Waals surface area contributed by atoms with Crippen molar-refractivity contribution in [3.63, 3.8) is 0 Å². The topological polar surface area (TPSA) is 43.4 Å². The van der Waals surface area contributed by atoms with Gasteiger partial charge in [-0.15, -0.1) is 11.8 Å². The molecule has 0 radical (unpaired) electrons. The minimum atomic E-state index is 0.596. The Kier molecular flexibility index (Phi) is 5.56. The van der Waals surface area contributed by atoms with Crippen molar-refractivity contribution in [2.45, 2.75) is 18.0 Å². The molecule has 0 aliphatic carbocycles. The van der Waals surface area contributed by atoms with Crippen molar-refractivity contribution < 1.29 is 9.42 Å². The second-order valence-corrected chi connectivity index (χ2v) is 6.99. The average molecular weight is 361 g/mol. The van der Waals surface area contributed by atoms with Gasteiger partial charge in [-0.25, -0.2) is 0 Å². The molecule has 1 aromatic heterocycles. The summed E-state index contributed by atoms with van der Waals surface area (Å²) in [6, 6.07) is 16.1. The minimum Gasteiger partial charge on any atom is -0.333 e. The normalized spacial score (nSPS) is 12.3. The molecular formula is C18H19ClN3OS+. The summed E-state index contributed by atoms with van der Waals surface area (Å²) in [7, 11) is 2.12. The number of aromatic nitrogens is 2. The molecule has 0 spiro atoms. The molecule has 1 heterocycles. The molecule has 3 aromatic rings. The third-order valence-electron chi connectivity index (χ3n) is 3.69. The first kappa shape index (κ1) is 17.0. The van der Waals surface area contributed by atoms with Crippen LogP contribution in [0.3, 0.4) is 0 Å². The van der Waals surface area contributed by atoms with E-state index < -0.39 is 0 Å². The number of hydrogen-bond donors (Lipinski definition) is 1. The van der Waals surface area contributed by atoms with Gasteiger partial charge in [-0.3, -0.25) is 0 Å². The van der Waals surface area contributed by atoms with Gasteiger partial charge in [-0.05, 0) is 42.7 Å². The highest BCUT2D eigenvalue weighted by molar-refractivity contribution is 7.98. The smallest absolute Gasteiger partial charge is 0.282 e. The standard InChI is InChI=1S/C18H18ClN3OS/c1-22(11-13-3-9-16(24-2)10-4-13)12-17-20-18(21-23-17)14-5-7-15(19)8-6-14/h3-10H,11-12H2,1-2H3/p+1. The van der Waals surface area contributed by atoms with E-state index in [9.17, 15) is 0 Å². The van der Waals surface area contributed by atoms with Crippen molar-refractivity contribution in [2.75, 3.05) is 13.3 Å². The molecule has 0 saturated carbocycles. The largest absolute Gasteiger partial charge is 0.333 e. The van der Waals surface area contributed by atoms with Crippen molar-refractivity contribution >= 4 is 23.4 Å². The summed E-state index contributed by atoms with van der Waals surface area (Å²) in [5.41, 5.74) is 2.20. The lowest BCUT2D eigenvalue weighted by Crippen LogP contribution is -3.06. The van der Waals surface area contributed by atoms with Gasteiger partial charge in [0.25, 0.3) is 5.89 Å². The number of benzene rings is 2. The third-order valence-corrected chi connectivity index (χ3v) is 4.68. The van der Waals surface area contributed by atoms with Gasteiger partial charge in [0.1, 0.15) is 6.54 Å². The maximum atomic E-state index is 5.90. The first-order valence-corrected chi connectivity index (χ1v) is 9.27. The summed E-state index contributed by atoms with van der Waals surface area (Å²) in [6.07, 6.45) is 2.08. The number of rotatable bonds is 6. The van der Waals surface area contributed by atoms with Crippen LogP contribution >= 0.6 is 23.4 Å². The van der Waals surface area contributed by atoms with E-state index >= 15 is 0 Å². The zero-order chi connectivity index (χ0) is 16.9. The van der Waals surface area contributed by atoms with Gasteiger partial charge in [0.2, 0.25) is 5.82 Å². The molecule has 1 unspecified atom stereocenters. The second-order valence-electron chi connectivity index (χ2n) is 5.68. The zero-order valence-electron chi connectivity index (χ0n) is 13.6. The van der Waals surface area contributed by atoms with Crippen molar-refractivity contribution in [3.05, 3.63) is 65.0 Å². The van der Waals surface area contributed by atoms with E-state index in [0.29, 0.717) is 23.3 Å². The van der Waals surface area contributed by atoms with Crippen LogP contribution in [0, 0.1) is 0 Å². The molecule has 1 N–H and O–H groups in total. The predicted molar refractivity (Wildman–Crippen MR) is 97.3 cm³/mol. The summed E-state index contributed by atoms with van der Waals surface area (Å²) in [6.45, 7) is 1.60. The van der Waals surface area contributed by atoms with E-state index in [2.05, 4.69) is 47.7 Å². The fourth-order valence-electron chi connectivity index (χ4n) is 2.46. The van der Waals surface area contributed by atoms with Crippen molar-refractivity contribution in [1.82, 2.24) is 10.1 Å². The van der Waals surface area contributed by atoms with Gasteiger partial charge in [-0.2, -0.15) is 4.98 Å². The highest BCUT2D eigenvalue weighted by Gasteiger charge is 2.13. The highest BCUT2D eigenvalue weighted by atomic mass is 35.5. The molecular weight excluding hydrogens is 342 g/mol. The van der Waals surface area contributed by atoms with E-state index in [1.54, 1.807) is 11.8 Å². The van der Waals surface area contributed by atoms with Crippen LogP contribution in [0.15, 0.2) is 57.9 Å². The van der Waals surface area contributed by atoms with Crippen LogP contribution in [-0.2, 0) is 13.1 Å². The first-order chi connectivity index (χ1) is 11.6.